The molecule has 2 rings (SSSR count). The molecule has 2 aromatic rings. The van der Waals surface area contributed by atoms with Crippen LogP contribution in [0.1, 0.15) is 26.0 Å². The third-order valence-corrected chi connectivity index (χ3v) is 3.86. The number of nitrogen functional groups attached to an aromatic ring is 1. The first-order chi connectivity index (χ1) is 10.0. The number of carbonyl (C=O) groups is 1. The minimum Gasteiger partial charge on any atom is -0.469 e. The molecule has 114 valence electrons. The Morgan fingerprint density at radius 3 is 2.95 bits per heavy atom. The van der Waals surface area contributed by atoms with Crippen LogP contribution in [0.25, 0.3) is 11.4 Å². The zero-order valence-electron chi connectivity index (χ0n) is 12.2. The highest BCUT2D eigenvalue weighted by atomic mass is 32.2. The first-order valence-electron chi connectivity index (χ1n) is 6.62. The second kappa shape index (κ2) is 6.66. The summed E-state index contributed by atoms with van der Waals surface area (Å²) in [5.41, 5.74) is 0.776. The molecule has 0 radical (unpaired) electrons. The first kappa shape index (κ1) is 15.4. The molecule has 0 aliphatic heterocycles. The molecule has 1 unspecified atom stereocenters. The molecule has 21 heavy (non-hydrogen) atoms. The molecule has 0 bridgehead atoms. The average Bonchev–Trinajstić information content (AvgIpc) is 3.03. The van der Waals surface area contributed by atoms with E-state index in [0.717, 1.165) is 12.0 Å². The Balaban J connectivity index is 2.11. The molecule has 0 saturated heterocycles. The highest BCUT2D eigenvalue weighted by Crippen LogP contribution is 2.27. The highest BCUT2D eigenvalue weighted by molar-refractivity contribution is 8.00. The van der Waals surface area contributed by atoms with Gasteiger partial charge in [-0.25, -0.2) is 4.68 Å². The fourth-order valence-electron chi connectivity index (χ4n) is 1.68. The molecule has 2 heterocycles. The molecule has 0 aliphatic rings. The maximum Gasteiger partial charge on any atom is 0.319 e. The van der Waals surface area contributed by atoms with Gasteiger partial charge in [0.2, 0.25) is 5.16 Å². The van der Waals surface area contributed by atoms with Crippen molar-refractivity contribution in [1.29, 1.82) is 0 Å². The molecule has 1 atom stereocenters. The van der Waals surface area contributed by atoms with Gasteiger partial charge in [0, 0.05) is 0 Å². The largest absolute Gasteiger partial charge is 0.469 e. The monoisotopic (exact) mass is 310 g/mol. The van der Waals surface area contributed by atoms with E-state index in [1.165, 1.54) is 16.4 Å². The summed E-state index contributed by atoms with van der Waals surface area (Å²) in [6.07, 6.45) is 2.36. The van der Waals surface area contributed by atoms with Crippen LogP contribution in [0.3, 0.4) is 0 Å². The lowest BCUT2D eigenvalue weighted by atomic mass is 10.2. The molecular weight excluding hydrogens is 292 g/mol. The van der Waals surface area contributed by atoms with Gasteiger partial charge in [0.05, 0.1) is 18.4 Å². The van der Waals surface area contributed by atoms with Gasteiger partial charge in [0.15, 0.2) is 5.82 Å². The molecule has 0 saturated carbocycles. The van der Waals surface area contributed by atoms with Crippen molar-refractivity contribution in [3.05, 3.63) is 18.1 Å². The van der Waals surface area contributed by atoms with Crippen LogP contribution in [-0.4, -0.2) is 32.7 Å². The number of aromatic nitrogens is 3. The normalized spacial score (nSPS) is 12.3. The molecule has 0 spiro atoms. The number of ether oxygens (including phenoxy) is 1. The van der Waals surface area contributed by atoms with Crippen LogP contribution in [0.4, 0.5) is 0 Å². The standard InChI is InChI=1S/C13H18N4O3S/c1-4-6-20-12(18)9(3)21-13-16-15-11(17(13)14)10-5-7-19-8(10)2/h5,7,9H,4,6,14H2,1-3H3. The van der Waals surface area contributed by atoms with Gasteiger partial charge in [-0.15, -0.1) is 10.2 Å². The van der Waals surface area contributed by atoms with Crippen molar-refractivity contribution >= 4 is 17.7 Å². The van der Waals surface area contributed by atoms with E-state index >= 15 is 0 Å². The number of hydrogen-bond donors (Lipinski definition) is 1. The summed E-state index contributed by atoms with van der Waals surface area (Å²) >= 11 is 1.21. The van der Waals surface area contributed by atoms with Gasteiger partial charge >= 0.3 is 5.97 Å². The zero-order valence-corrected chi connectivity index (χ0v) is 13.0. The Labute approximate surface area is 126 Å². The smallest absolute Gasteiger partial charge is 0.319 e. The second-order valence-electron chi connectivity index (χ2n) is 4.49. The number of nitrogens with zero attached hydrogens (tertiary/aromatic N) is 3. The maximum atomic E-state index is 11.8. The SMILES string of the molecule is CCCOC(=O)C(C)Sc1nnc(-c2ccoc2C)n1N. The van der Waals surface area contributed by atoms with Crippen molar-refractivity contribution in [3.8, 4) is 11.4 Å². The van der Waals surface area contributed by atoms with Crippen molar-refractivity contribution in [2.24, 2.45) is 0 Å². The summed E-state index contributed by atoms with van der Waals surface area (Å²) in [6.45, 7) is 5.93. The number of esters is 1. The third-order valence-electron chi connectivity index (χ3n) is 2.83. The Morgan fingerprint density at radius 2 is 2.33 bits per heavy atom. The summed E-state index contributed by atoms with van der Waals surface area (Å²) in [7, 11) is 0. The number of carbonyl (C=O) groups excluding carboxylic acids is 1. The minimum absolute atomic E-state index is 0.286. The lowest BCUT2D eigenvalue weighted by Gasteiger charge is -2.10. The summed E-state index contributed by atoms with van der Waals surface area (Å²) in [4.78, 5) is 11.8. The van der Waals surface area contributed by atoms with E-state index < -0.39 is 5.25 Å². The van der Waals surface area contributed by atoms with E-state index in [4.69, 9.17) is 15.0 Å². The minimum atomic E-state index is -0.402. The predicted octanol–water partition coefficient (Wildman–Crippen LogP) is 1.99. The number of aryl methyl sites for hydroxylation is 1. The molecular formula is C13H18N4O3S. The molecule has 2 aromatic heterocycles. The Morgan fingerprint density at radius 1 is 1.57 bits per heavy atom. The molecule has 7 nitrogen and oxygen atoms in total. The van der Waals surface area contributed by atoms with Crippen molar-refractivity contribution in [1.82, 2.24) is 14.9 Å². The fraction of sp³-hybridized carbons (Fsp3) is 0.462. The van der Waals surface area contributed by atoms with Crippen molar-refractivity contribution < 1.29 is 13.9 Å². The van der Waals surface area contributed by atoms with Gasteiger partial charge in [0.1, 0.15) is 11.0 Å². The van der Waals surface area contributed by atoms with Crippen molar-refractivity contribution in [3.63, 3.8) is 0 Å². The van der Waals surface area contributed by atoms with Crippen molar-refractivity contribution in [2.75, 3.05) is 12.4 Å². The lowest BCUT2D eigenvalue weighted by Crippen LogP contribution is -2.19. The van der Waals surface area contributed by atoms with Crippen LogP contribution in [-0.2, 0) is 9.53 Å². The van der Waals surface area contributed by atoms with Crippen LogP contribution in [0.5, 0.6) is 0 Å². The van der Waals surface area contributed by atoms with E-state index in [1.807, 2.05) is 13.8 Å². The molecule has 0 amide bonds. The topological polar surface area (TPSA) is 96.2 Å². The van der Waals surface area contributed by atoms with Crippen LogP contribution in [0.2, 0.25) is 0 Å². The van der Waals surface area contributed by atoms with Gasteiger partial charge < -0.3 is 15.0 Å². The predicted molar refractivity (Wildman–Crippen MR) is 79.2 cm³/mol. The van der Waals surface area contributed by atoms with Crippen LogP contribution >= 0.6 is 11.8 Å². The summed E-state index contributed by atoms with van der Waals surface area (Å²) in [6, 6.07) is 1.77. The molecule has 0 aromatic carbocycles. The van der Waals surface area contributed by atoms with Gasteiger partial charge in [-0.1, -0.05) is 18.7 Å². The second-order valence-corrected chi connectivity index (χ2v) is 5.80. The van der Waals surface area contributed by atoms with Crippen LogP contribution in [0, 0.1) is 6.92 Å². The Kier molecular flexibility index (Phi) is 4.89. The number of nitrogens with two attached hydrogens (primary N) is 1. The summed E-state index contributed by atoms with van der Waals surface area (Å²) in [5, 5.41) is 8.11. The summed E-state index contributed by atoms with van der Waals surface area (Å²) in [5.74, 6) is 6.91. The zero-order chi connectivity index (χ0) is 15.4. The molecule has 8 heteroatoms. The van der Waals surface area contributed by atoms with Gasteiger partial charge in [-0.3, -0.25) is 4.79 Å². The first-order valence-corrected chi connectivity index (χ1v) is 7.50. The van der Waals surface area contributed by atoms with E-state index in [1.54, 1.807) is 19.3 Å². The van der Waals surface area contributed by atoms with E-state index in [9.17, 15) is 4.79 Å². The number of thioether (sulfide) groups is 1. The average molecular weight is 310 g/mol. The Bertz CT molecular complexity index is 623. The number of hydrogen-bond acceptors (Lipinski definition) is 7. The lowest BCUT2D eigenvalue weighted by molar-refractivity contribution is -0.142. The van der Waals surface area contributed by atoms with E-state index in [2.05, 4.69) is 10.2 Å². The van der Waals surface area contributed by atoms with Gasteiger partial charge in [-0.2, -0.15) is 0 Å². The van der Waals surface area contributed by atoms with Gasteiger partial charge in [0.25, 0.3) is 0 Å². The number of rotatable bonds is 6. The van der Waals surface area contributed by atoms with Gasteiger partial charge in [-0.05, 0) is 26.3 Å². The fourth-order valence-corrected chi connectivity index (χ4v) is 2.45. The maximum absolute atomic E-state index is 11.8. The van der Waals surface area contributed by atoms with E-state index in [0.29, 0.717) is 23.3 Å². The quantitative estimate of drug-likeness (QED) is 0.495. The number of furan rings is 1. The van der Waals surface area contributed by atoms with E-state index in [-0.39, 0.29) is 5.97 Å². The molecule has 2 N–H and O–H groups in total. The highest BCUT2D eigenvalue weighted by Gasteiger charge is 2.21. The summed E-state index contributed by atoms with van der Waals surface area (Å²) < 4.78 is 11.7. The molecule has 0 fully saturated rings. The van der Waals surface area contributed by atoms with Crippen molar-refractivity contribution in [2.45, 2.75) is 37.6 Å². The van der Waals surface area contributed by atoms with Crippen LogP contribution < -0.4 is 5.84 Å². The van der Waals surface area contributed by atoms with Crippen LogP contribution in [0.15, 0.2) is 21.9 Å². The Hall–Kier alpha value is -1.96. The third kappa shape index (κ3) is 3.38. The molecule has 0 aliphatic carbocycles.